The quantitative estimate of drug-likeness (QED) is 0.796. The molecule has 20 heavy (non-hydrogen) atoms. The Morgan fingerprint density at radius 2 is 1.95 bits per heavy atom. The maximum atomic E-state index is 12.3. The number of nitrogens with zero attached hydrogens (tertiary/aromatic N) is 2. The van der Waals surface area contributed by atoms with Gasteiger partial charge in [-0.15, -0.1) is 0 Å². The summed E-state index contributed by atoms with van der Waals surface area (Å²) in [6, 6.07) is 0.174. The molecule has 1 aliphatic heterocycles. The van der Waals surface area contributed by atoms with E-state index in [1.54, 1.807) is 4.90 Å². The molecule has 4 nitrogen and oxygen atoms in total. The van der Waals surface area contributed by atoms with Crippen LogP contribution >= 0.6 is 0 Å². The number of amides is 2. The van der Waals surface area contributed by atoms with E-state index in [4.69, 9.17) is 0 Å². The van der Waals surface area contributed by atoms with Crippen LogP contribution in [0.4, 0.5) is 13.2 Å². The van der Waals surface area contributed by atoms with Gasteiger partial charge in [0.25, 0.3) is 0 Å². The molecule has 1 saturated carbocycles. The highest BCUT2D eigenvalue weighted by Crippen LogP contribution is 2.30. The van der Waals surface area contributed by atoms with Crippen LogP contribution in [0, 0.1) is 5.92 Å². The molecule has 0 bridgehead atoms. The van der Waals surface area contributed by atoms with Crippen molar-refractivity contribution in [3.8, 4) is 0 Å². The molecular formula is C13H19F3N2O2. The minimum absolute atomic E-state index is 0.0392. The molecule has 0 aromatic rings. The third kappa shape index (κ3) is 3.43. The first-order valence-corrected chi connectivity index (χ1v) is 6.89. The molecule has 2 amide bonds. The van der Waals surface area contributed by atoms with Crippen molar-refractivity contribution in [1.82, 2.24) is 9.80 Å². The lowest BCUT2D eigenvalue weighted by molar-refractivity contribution is -0.160. The van der Waals surface area contributed by atoms with Crippen molar-refractivity contribution < 1.29 is 22.8 Å². The number of alkyl halides is 3. The zero-order chi connectivity index (χ0) is 14.9. The summed E-state index contributed by atoms with van der Waals surface area (Å²) in [7, 11) is 1.14. The van der Waals surface area contributed by atoms with Crippen molar-refractivity contribution in [3.63, 3.8) is 0 Å². The van der Waals surface area contributed by atoms with E-state index in [2.05, 4.69) is 0 Å². The Bertz CT molecular complexity index is 392. The molecule has 0 aromatic carbocycles. The number of rotatable bonds is 3. The average molecular weight is 292 g/mol. The molecule has 2 aliphatic rings. The second-order valence-electron chi connectivity index (χ2n) is 5.69. The smallest absolute Gasteiger partial charge is 0.339 e. The summed E-state index contributed by atoms with van der Waals surface area (Å²) in [5.74, 6) is -1.32. The number of likely N-dealkylation sites (tertiary alicyclic amines) is 1. The highest BCUT2D eigenvalue weighted by Gasteiger charge is 2.41. The van der Waals surface area contributed by atoms with Gasteiger partial charge in [0.05, 0.1) is 5.92 Å². The normalized spacial score (nSPS) is 24.5. The molecule has 1 heterocycles. The third-order valence-corrected chi connectivity index (χ3v) is 4.07. The fourth-order valence-electron chi connectivity index (χ4n) is 3.12. The van der Waals surface area contributed by atoms with E-state index in [0.717, 1.165) is 32.7 Å². The number of hydrogen-bond acceptors (Lipinski definition) is 2. The van der Waals surface area contributed by atoms with Gasteiger partial charge in [0, 0.05) is 26.1 Å². The molecule has 0 radical (unpaired) electrons. The van der Waals surface area contributed by atoms with Gasteiger partial charge in [-0.3, -0.25) is 9.59 Å². The van der Waals surface area contributed by atoms with Gasteiger partial charge >= 0.3 is 6.18 Å². The van der Waals surface area contributed by atoms with Gasteiger partial charge in [0.1, 0.15) is 6.54 Å². The zero-order valence-corrected chi connectivity index (χ0v) is 11.4. The molecule has 1 saturated heterocycles. The number of hydrogen-bond donors (Lipinski definition) is 0. The van der Waals surface area contributed by atoms with E-state index in [-0.39, 0.29) is 24.9 Å². The molecule has 1 atom stereocenters. The van der Waals surface area contributed by atoms with Gasteiger partial charge in [-0.2, -0.15) is 13.2 Å². The van der Waals surface area contributed by atoms with Crippen LogP contribution in [0.5, 0.6) is 0 Å². The Balaban J connectivity index is 1.93. The van der Waals surface area contributed by atoms with E-state index in [0.29, 0.717) is 4.90 Å². The molecule has 2 rings (SSSR count). The van der Waals surface area contributed by atoms with Crippen LogP contribution in [0.2, 0.25) is 0 Å². The second kappa shape index (κ2) is 5.61. The van der Waals surface area contributed by atoms with E-state index in [9.17, 15) is 22.8 Å². The first kappa shape index (κ1) is 15.1. The van der Waals surface area contributed by atoms with Crippen molar-refractivity contribution in [1.29, 1.82) is 0 Å². The Hall–Kier alpha value is -1.27. The third-order valence-electron chi connectivity index (χ3n) is 4.07. The van der Waals surface area contributed by atoms with Gasteiger partial charge in [-0.25, -0.2) is 0 Å². The number of carbonyl (C=O) groups is 2. The molecule has 114 valence electrons. The first-order valence-electron chi connectivity index (χ1n) is 6.89. The molecule has 7 heteroatoms. The van der Waals surface area contributed by atoms with Gasteiger partial charge < -0.3 is 9.80 Å². The maximum absolute atomic E-state index is 12.3. The lowest BCUT2D eigenvalue weighted by Crippen LogP contribution is -2.41. The summed E-state index contributed by atoms with van der Waals surface area (Å²) >= 11 is 0. The lowest BCUT2D eigenvalue weighted by Gasteiger charge is -2.25. The fraction of sp³-hybridized carbons (Fsp3) is 0.846. The van der Waals surface area contributed by atoms with Crippen LogP contribution in [0.15, 0.2) is 0 Å². The zero-order valence-electron chi connectivity index (χ0n) is 11.4. The maximum Gasteiger partial charge on any atom is 0.406 e. The van der Waals surface area contributed by atoms with Gasteiger partial charge in [0.15, 0.2) is 0 Å². The van der Waals surface area contributed by atoms with Gasteiger partial charge in [0.2, 0.25) is 11.8 Å². The summed E-state index contributed by atoms with van der Waals surface area (Å²) in [6.07, 6.45) is -0.353. The molecule has 0 spiro atoms. The highest BCUT2D eigenvalue weighted by atomic mass is 19.4. The molecule has 0 N–H and O–H groups in total. The lowest BCUT2D eigenvalue weighted by atomic mass is 10.1. The van der Waals surface area contributed by atoms with E-state index in [1.165, 1.54) is 0 Å². The van der Waals surface area contributed by atoms with Crippen molar-refractivity contribution in [3.05, 3.63) is 0 Å². The van der Waals surface area contributed by atoms with Crippen LogP contribution in [0.25, 0.3) is 0 Å². The summed E-state index contributed by atoms with van der Waals surface area (Å²) in [5.41, 5.74) is 0. The number of halogens is 3. The molecule has 0 aromatic heterocycles. The van der Waals surface area contributed by atoms with E-state index in [1.807, 2.05) is 0 Å². The number of carbonyl (C=O) groups excluding carboxylic acids is 2. The Morgan fingerprint density at radius 3 is 2.50 bits per heavy atom. The van der Waals surface area contributed by atoms with Gasteiger partial charge in [-0.05, 0) is 12.8 Å². The highest BCUT2D eigenvalue weighted by molar-refractivity contribution is 5.89. The molecule has 0 unspecified atom stereocenters. The molecule has 2 fully saturated rings. The first-order chi connectivity index (χ1) is 9.28. The van der Waals surface area contributed by atoms with Crippen LogP contribution in [-0.4, -0.2) is 54.0 Å². The summed E-state index contributed by atoms with van der Waals surface area (Å²) in [6.45, 7) is -0.996. The minimum Gasteiger partial charge on any atom is -0.339 e. The summed E-state index contributed by atoms with van der Waals surface area (Å²) < 4.78 is 36.8. The predicted octanol–water partition coefficient (Wildman–Crippen LogP) is 1.80. The fourth-order valence-corrected chi connectivity index (χ4v) is 3.12. The van der Waals surface area contributed by atoms with E-state index < -0.39 is 24.5 Å². The molecular weight excluding hydrogens is 273 g/mol. The van der Waals surface area contributed by atoms with Crippen LogP contribution < -0.4 is 0 Å². The summed E-state index contributed by atoms with van der Waals surface area (Å²) in [5, 5.41) is 0. The average Bonchev–Trinajstić information content (AvgIpc) is 2.94. The topological polar surface area (TPSA) is 40.6 Å². The van der Waals surface area contributed by atoms with Crippen molar-refractivity contribution >= 4 is 11.8 Å². The van der Waals surface area contributed by atoms with Crippen molar-refractivity contribution in [2.45, 2.75) is 44.3 Å². The Labute approximate surface area is 115 Å². The predicted molar refractivity (Wildman–Crippen MR) is 65.8 cm³/mol. The van der Waals surface area contributed by atoms with Crippen LogP contribution in [0.1, 0.15) is 32.1 Å². The molecule has 1 aliphatic carbocycles. The Kier molecular flexibility index (Phi) is 4.25. The minimum atomic E-state index is -4.40. The largest absolute Gasteiger partial charge is 0.406 e. The SMILES string of the molecule is CN(CC(F)(F)F)C(=O)[C@H]1CC(=O)N(C2CCCC2)C1. The van der Waals surface area contributed by atoms with Gasteiger partial charge in [-0.1, -0.05) is 12.8 Å². The van der Waals surface area contributed by atoms with Crippen LogP contribution in [0.3, 0.4) is 0 Å². The van der Waals surface area contributed by atoms with Crippen LogP contribution in [-0.2, 0) is 9.59 Å². The monoisotopic (exact) mass is 292 g/mol. The Morgan fingerprint density at radius 1 is 1.35 bits per heavy atom. The van der Waals surface area contributed by atoms with E-state index >= 15 is 0 Å². The standard InChI is InChI=1S/C13H19F3N2O2/c1-17(8-13(14,15)16)12(20)9-6-11(19)18(7-9)10-4-2-3-5-10/h9-10H,2-8H2,1H3/t9-/m0/s1. The van der Waals surface area contributed by atoms with Crippen molar-refractivity contribution in [2.24, 2.45) is 5.92 Å². The van der Waals surface area contributed by atoms with Crippen molar-refractivity contribution in [2.75, 3.05) is 20.1 Å². The second-order valence-corrected chi connectivity index (χ2v) is 5.69. The summed E-state index contributed by atoms with van der Waals surface area (Å²) in [4.78, 5) is 26.3.